The fourth-order valence-corrected chi connectivity index (χ4v) is 7.98. The number of carbonyl (C=O) groups excluding carboxylic acids is 6. The number of aromatic amines is 1. The van der Waals surface area contributed by atoms with Crippen molar-refractivity contribution < 1.29 is 33.5 Å². The van der Waals surface area contributed by atoms with Crippen molar-refractivity contribution in [2.45, 2.75) is 31.7 Å². The van der Waals surface area contributed by atoms with Crippen LogP contribution in [-0.4, -0.2) is 76.6 Å². The molecule has 5 amide bonds. The van der Waals surface area contributed by atoms with E-state index in [4.69, 9.17) is 4.74 Å². The first-order chi connectivity index (χ1) is 27.2. The van der Waals surface area contributed by atoms with Gasteiger partial charge in [0.05, 0.1) is 27.7 Å². The molecule has 57 heavy (non-hydrogen) atoms. The van der Waals surface area contributed by atoms with E-state index in [2.05, 4.69) is 15.3 Å². The van der Waals surface area contributed by atoms with E-state index in [1.54, 1.807) is 44.2 Å². The van der Waals surface area contributed by atoms with E-state index in [1.165, 1.54) is 23.1 Å². The number of rotatable bonds is 8. The first kappa shape index (κ1) is 35.5. The maximum atomic E-state index is 14.4. The molecule has 2 N–H and O–H groups in total. The van der Waals surface area contributed by atoms with Crippen molar-refractivity contribution in [3.8, 4) is 5.75 Å². The highest BCUT2D eigenvalue weighted by Crippen LogP contribution is 2.44. The van der Waals surface area contributed by atoms with E-state index >= 15 is 0 Å². The Morgan fingerprint density at radius 2 is 1.53 bits per heavy atom. The Bertz CT molecular complexity index is 2700. The van der Waals surface area contributed by atoms with Crippen LogP contribution in [-0.2, 0) is 4.79 Å². The zero-order valence-corrected chi connectivity index (χ0v) is 31.2. The second-order valence-electron chi connectivity index (χ2n) is 15.1. The Labute approximate surface area is 324 Å². The summed E-state index contributed by atoms with van der Waals surface area (Å²) in [5.41, 5.74) is 1.79. The summed E-state index contributed by atoms with van der Waals surface area (Å²) in [4.78, 5) is 106. The lowest BCUT2D eigenvalue weighted by Gasteiger charge is -2.28. The summed E-state index contributed by atoms with van der Waals surface area (Å²) in [6.45, 7) is 2.88. The summed E-state index contributed by atoms with van der Waals surface area (Å²) in [6.07, 6.45) is 12.5. The number of ether oxygens (including phenoxy) is 1. The van der Waals surface area contributed by atoms with Crippen LogP contribution in [0.15, 0.2) is 95.4 Å². The first-order valence-corrected chi connectivity index (χ1v) is 18.3. The van der Waals surface area contributed by atoms with Crippen LogP contribution in [0.5, 0.6) is 5.75 Å². The molecule has 0 saturated carbocycles. The number of anilines is 2. The Morgan fingerprint density at radius 3 is 2.16 bits per heavy atom. The Balaban J connectivity index is 1.08. The lowest BCUT2D eigenvalue weighted by molar-refractivity contribution is -0.125. The minimum absolute atomic E-state index is 0.0198. The number of carbonyl (C=O) groups is 6. The summed E-state index contributed by atoms with van der Waals surface area (Å²) in [5, 5.41) is 2.57. The van der Waals surface area contributed by atoms with Gasteiger partial charge in [-0.05, 0) is 73.9 Å². The summed E-state index contributed by atoms with van der Waals surface area (Å²) in [6, 6.07) is 11.9. The van der Waals surface area contributed by atoms with Crippen LogP contribution in [0.2, 0.25) is 0 Å². The van der Waals surface area contributed by atoms with Gasteiger partial charge in [-0.2, -0.15) is 0 Å². The maximum absolute atomic E-state index is 14.4. The number of nitrogens with one attached hydrogen (secondary N) is 2. The molecule has 3 aromatic carbocycles. The number of hydrogen-bond donors (Lipinski definition) is 2. The van der Waals surface area contributed by atoms with Gasteiger partial charge in [0.2, 0.25) is 0 Å². The van der Waals surface area contributed by atoms with Gasteiger partial charge in [0.25, 0.3) is 23.3 Å². The van der Waals surface area contributed by atoms with Crippen LogP contribution in [0.25, 0.3) is 16.5 Å². The molecule has 284 valence electrons. The topological polar surface area (TPSA) is 179 Å². The monoisotopic (exact) mass is 762 g/mol. The number of imide groups is 2. The molecule has 0 spiro atoms. The molecule has 1 fully saturated rings. The number of Topliss-reactive ketones (excluding diaryl/α,β-unsaturated/α-hetero) is 2. The molecule has 2 aliphatic heterocycles. The predicted octanol–water partition coefficient (Wildman–Crippen LogP) is 5.07. The van der Waals surface area contributed by atoms with E-state index in [-0.39, 0.29) is 57.6 Å². The van der Waals surface area contributed by atoms with E-state index in [9.17, 15) is 33.6 Å². The van der Waals surface area contributed by atoms with E-state index in [0.717, 1.165) is 21.7 Å². The first-order valence-electron chi connectivity index (χ1n) is 18.3. The number of fused-ring (bicyclic) bond motifs is 3. The quantitative estimate of drug-likeness (QED) is 0.140. The van der Waals surface area contributed by atoms with Crippen molar-refractivity contribution in [2.75, 3.05) is 30.6 Å². The molecular weight excluding hydrogens is 729 g/mol. The van der Waals surface area contributed by atoms with Crippen LogP contribution in [0.1, 0.15) is 79.0 Å². The highest BCUT2D eigenvalue weighted by atomic mass is 16.5. The lowest BCUT2D eigenvalue weighted by Crippen LogP contribution is -2.46. The largest absolute Gasteiger partial charge is 0.473 e. The van der Waals surface area contributed by atoms with Gasteiger partial charge >= 0.3 is 6.03 Å². The molecule has 0 unspecified atom stereocenters. The fourth-order valence-electron chi connectivity index (χ4n) is 7.98. The molecule has 1 saturated heterocycles. The molecule has 9 rings (SSSR count). The van der Waals surface area contributed by atoms with Gasteiger partial charge in [-0.15, -0.1) is 0 Å². The number of benzene rings is 3. The number of nitrogens with zero attached hydrogens (tertiary/aromatic N) is 4. The van der Waals surface area contributed by atoms with Gasteiger partial charge in [0.15, 0.2) is 18.3 Å². The van der Waals surface area contributed by atoms with Crippen molar-refractivity contribution >= 4 is 63.2 Å². The molecule has 0 radical (unpaired) electrons. The minimum atomic E-state index is -1.47. The third-order valence-electron chi connectivity index (χ3n) is 11.2. The van der Waals surface area contributed by atoms with Crippen LogP contribution in [0, 0.1) is 5.92 Å². The van der Waals surface area contributed by atoms with Gasteiger partial charge in [-0.25, -0.2) is 14.7 Å². The number of urea groups is 1. The molecule has 0 bridgehead atoms. The van der Waals surface area contributed by atoms with Crippen LogP contribution in [0.3, 0.4) is 0 Å². The Kier molecular flexibility index (Phi) is 7.88. The molecule has 1 aromatic heterocycles. The number of hydrogen-bond acceptors (Lipinski definition) is 10. The number of aromatic nitrogens is 2. The molecule has 4 aromatic rings. The van der Waals surface area contributed by atoms with Crippen molar-refractivity contribution in [1.29, 1.82) is 0 Å². The summed E-state index contributed by atoms with van der Waals surface area (Å²) >= 11 is 0. The molecule has 14 nitrogen and oxygen atoms in total. The number of H-pyrrole nitrogens is 1. The Morgan fingerprint density at radius 1 is 0.842 bits per heavy atom. The number of ketones is 2. The summed E-state index contributed by atoms with van der Waals surface area (Å²) < 4.78 is 6.02. The predicted molar refractivity (Wildman–Crippen MR) is 210 cm³/mol. The zero-order valence-electron chi connectivity index (χ0n) is 31.2. The third kappa shape index (κ3) is 5.39. The lowest BCUT2D eigenvalue weighted by atomic mass is 9.92. The van der Waals surface area contributed by atoms with Gasteiger partial charge in [0, 0.05) is 48.5 Å². The molecule has 3 heterocycles. The summed E-state index contributed by atoms with van der Waals surface area (Å²) in [5.74, 6) is -4.61. The highest BCUT2D eigenvalue weighted by molar-refractivity contribution is 6.37. The van der Waals surface area contributed by atoms with Crippen LogP contribution >= 0.6 is 0 Å². The van der Waals surface area contributed by atoms with E-state index in [0.29, 0.717) is 17.5 Å². The average Bonchev–Trinajstić information content (AvgIpc) is 4.00. The summed E-state index contributed by atoms with van der Waals surface area (Å²) in [7, 11) is 3.66. The smallest absolute Gasteiger partial charge is 0.327 e. The second-order valence-corrected chi connectivity index (χ2v) is 15.1. The maximum Gasteiger partial charge on any atom is 0.327 e. The van der Waals surface area contributed by atoms with E-state index < -0.39 is 52.3 Å². The van der Waals surface area contributed by atoms with Crippen molar-refractivity contribution in [3.05, 3.63) is 135 Å². The van der Waals surface area contributed by atoms with Gasteiger partial charge in [-0.1, -0.05) is 36.5 Å². The standard InChI is InChI=1S/C43H34N6O8/c1-43(2)41(55)46-42(56)48(43)20-57-23-13-14-26(25-11-7-10-24(25)21-8-5-6-9-21)33(17-23)49-39(53)29-18-27-28(19-30(29)40(49)54)36(51)34(35(27)50)37-44-32-15-12-22(47(3)4)16-31(32)38(52)45-37/h5-10,12-19,21,34H,11,20H2,1-4H3,(H,44,45,52)(H,46,55,56). The Hall–Kier alpha value is -7.22. The van der Waals surface area contributed by atoms with Crippen molar-refractivity contribution in [1.82, 2.24) is 20.2 Å². The van der Waals surface area contributed by atoms with Crippen molar-refractivity contribution in [2.24, 2.45) is 5.92 Å². The third-order valence-corrected chi connectivity index (χ3v) is 11.2. The van der Waals surface area contributed by atoms with Gasteiger partial charge in [-0.3, -0.25) is 39.0 Å². The number of allylic oxidation sites excluding steroid dienone is 8. The van der Waals surface area contributed by atoms with E-state index in [1.807, 2.05) is 55.5 Å². The van der Waals surface area contributed by atoms with Crippen LogP contribution < -0.4 is 25.4 Å². The van der Waals surface area contributed by atoms with Gasteiger partial charge < -0.3 is 14.6 Å². The molecular formula is C43H34N6O8. The van der Waals surface area contributed by atoms with Gasteiger partial charge in [0.1, 0.15) is 23.0 Å². The van der Waals surface area contributed by atoms with Crippen LogP contribution in [0.4, 0.5) is 16.2 Å². The molecule has 3 aliphatic carbocycles. The SMILES string of the molecule is CN(C)c1ccc2nc(C3C(=O)c4cc5c(cc4C3=O)C(=O)N(c3cc(OCN4C(=O)NC(=O)C4(C)C)ccc3C3=C(C4C=CC=C4)C=CC3)C5=O)[nH]c(=O)c2c1. The second kappa shape index (κ2) is 12.7. The number of amides is 5. The zero-order chi connectivity index (χ0) is 40.1. The molecule has 14 heteroatoms. The molecule has 5 aliphatic rings. The minimum Gasteiger partial charge on any atom is -0.473 e. The average molecular weight is 763 g/mol. The molecule has 0 atom stereocenters. The normalized spacial score (nSPS) is 18.6. The van der Waals surface area contributed by atoms with Crippen molar-refractivity contribution in [3.63, 3.8) is 0 Å². The fraction of sp³-hybridized carbons (Fsp3) is 0.209. The highest BCUT2D eigenvalue weighted by Gasteiger charge is 2.48.